The Morgan fingerprint density at radius 2 is 1.74 bits per heavy atom. The molecule has 0 spiro atoms. The predicted molar refractivity (Wildman–Crippen MR) is 78.8 cm³/mol. The molecule has 1 amide bonds. The summed E-state index contributed by atoms with van der Waals surface area (Å²) >= 11 is 0. The fourth-order valence-electron chi connectivity index (χ4n) is 1.89. The van der Waals surface area contributed by atoms with Gasteiger partial charge in [-0.3, -0.25) is 4.79 Å². The van der Waals surface area contributed by atoms with Crippen molar-refractivity contribution < 1.29 is 4.79 Å². The van der Waals surface area contributed by atoms with Crippen molar-refractivity contribution in [3.05, 3.63) is 60.2 Å². The number of hydrogen-bond donors (Lipinski definition) is 2. The Hall–Kier alpha value is -2.29. The quantitative estimate of drug-likeness (QED) is 0.824. The van der Waals surface area contributed by atoms with E-state index in [0.29, 0.717) is 5.69 Å². The zero-order valence-electron chi connectivity index (χ0n) is 11.0. The minimum Gasteiger partial charge on any atom is -0.399 e. The third kappa shape index (κ3) is 3.85. The first-order valence-corrected chi connectivity index (χ1v) is 6.35. The minimum atomic E-state index is -0.0695. The van der Waals surface area contributed by atoms with Crippen molar-refractivity contribution in [2.45, 2.75) is 13.3 Å². The first kappa shape index (κ1) is 13.1. The molecule has 3 nitrogen and oxygen atoms in total. The second kappa shape index (κ2) is 6.05. The molecule has 0 heterocycles. The highest BCUT2D eigenvalue weighted by atomic mass is 16.1. The molecule has 0 unspecified atom stereocenters. The Morgan fingerprint density at radius 1 is 1.11 bits per heavy atom. The fourth-order valence-corrected chi connectivity index (χ4v) is 1.89. The summed E-state index contributed by atoms with van der Waals surface area (Å²) in [4.78, 5) is 12.1. The highest BCUT2D eigenvalue weighted by Crippen LogP contribution is 2.14. The normalized spacial score (nSPS) is 11.8. The molecule has 0 fully saturated rings. The van der Waals surface area contributed by atoms with Crippen LogP contribution in [0.25, 0.3) is 0 Å². The Bertz CT molecular complexity index is 534. The van der Waals surface area contributed by atoms with Crippen LogP contribution in [-0.2, 0) is 11.2 Å². The number of benzene rings is 2. The Balaban J connectivity index is 1.94. The zero-order valence-corrected chi connectivity index (χ0v) is 11.0. The molecule has 2 rings (SSSR count). The molecule has 0 aliphatic carbocycles. The molecule has 0 saturated carbocycles. The van der Waals surface area contributed by atoms with Gasteiger partial charge in [0.05, 0.1) is 0 Å². The molecule has 1 atom stereocenters. The molecule has 0 aromatic heterocycles. The maximum Gasteiger partial charge on any atom is 0.227 e. The second-order valence-corrected chi connectivity index (χ2v) is 4.70. The largest absolute Gasteiger partial charge is 0.399 e. The van der Waals surface area contributed by atoms with Gasteiger partial charge in [0.25, 0.3) is 0 Å². The summed E-state index contributed by atoms with van der Waals surface area (Å²) in [6.07, 6.45) is 0.738. The summed E-state index contributed by atoms with van der Waals surface area (Å²) in [5, 5.41) is 2.89. The lowest BCUT2D eigenvalue weighted by molar-refractivity contribution is -0.119. The third-order valence-corrected chi connectivity index (χ3v) is 3.01. The van der Waals surface area contributed by atoms with E-state index in [-0.39, 0.29) is 11.8 Å². The molecule has 0 saturated heterocycles. The number of amides is 1. The van der Waals surface area contributed by atoms with E-state index >= 15 is 0 Å². The van der Waals surface area contributed by atoms with Crippen molar-refractivity contribution in [2.24, 2.45) is 5.92 Å². The fraction of sp³-hybridized carbons (Fsp3) is 0.188. The van der Waals surface area contributed by atoms with Gasteiger partial charge in [0.1, 0.15) is 0 Å². The van der Waals surface area contributed by atoms with Gasteiger partial charge < -0.3 is 11.1 Å². The minimum absolute atomic E-state index is 0.0219. The molecule has 2 aromatic carbocycles. The van der Waals surface area contributed by atoms with Gasteiger partial charge >= 0.3 is 0 Å². The number of anilines is 2. The van der Waals surface area contributed by atoms with Gasteiger partial charge in [-0.2, -0.15) is 0 Å². The molecule has 3 N–H and O–H groups in total. The molecular formula is C16H18N2O. The van der Waals surface area contributed by atoms with E-state index in [2.05, 4.69) is 5.32 Å². The zero-order chi connectivity index (χ0) is 13.7. The molecule has 0 radical (unpaired) electrons. The van der Waals surface area contributed by atoms with E-state index in [4.69, 9.17) is 5.73 Å². The van der Waals surface area contributed by atoms with Crippen molar-refractivity contribution >= 4 is 17.3 Å². The number of carbonyl (C=O) groups excluding carboxylic acids is 1. The van der Waals surface area contributed by atoms with E-state index in [1.165, 1.54) is 5.56 Å². The smallest absolute Gasteiger partial charge is 0.227 e. The highest BCUT2D eigenvalue weighted by molar-refractivity contribution is 5.92. The summed E-state index contributed by atoms with van der Waals surface area (Å²) in [6.45, 7) is 1.93. The predicted octanol–water partition coefficient (Wildman–Crippen LogP) is 3.09. The standard InChI is InChI=1S/C16H18N2O/c1-12(11-13-5-3-2-4-6-13)16(19)18-15-9-7-14(17)8-10-15/h2-10,12H,11,17H2,1H3,(H,18,19)/t12-/m1/s1. The summed E-state index contributed by atoms with van der Waals surface area (Å²) in [5.41, 5.74) is 8.24. The first-order chi connectivity index (χ1) is 9.15. The van der Waals surface area contributed by atoms with Gasteiger partial charge in [0, 0.05) is 17.3 Å². The number of hydrogen-bond acceptors (Lipinski definition) is 2. The maximum atomic E-state index is 12.1. The van der Waals surface area contributed by atoms with E-state index in [9.17, 15) is 4.79 Å². The molecule has 0 aliphatic rings. The van der Waals surface area contributed by atoms with Gasteiger partial charge in [-0.25, -0.2) is 0 Å². The molecule has 19 heavy (non-hydrogen) atoms. The highest BCUT2D eigenvalue weighted by Gasteiger charge is 2.13. The van der Waals surface area contributed by atoms with Gasteiger partial charge in [-0.05, 0) is 36.2 Å². The van der Waals surface area contributed by atoms with Crippen LogP contribution in [0.3, 0.4) is 0 Å². The molecule has 2 aromatic rings. The number of nitrogens with one attached hydrogen (secondary N) is 1. The van der Waals surface area contributed by atoms with Crippen molar-refractivity contribution in [1.29, 1.82) is 0 Å². The topological polar surface area (TPSA) is 55.1 Å². The van der Waals surface area contributed by atoms with Crippen LogP contribution in [0.2, 0.25) is 0 Å². The van der Waals surface area contributed by atoms with Gasteiger partial charge in [-0.15, -0.1) is 0 Å². The summed E-state index contributed by atoms with van der Waals surface area (Å²) in [7, 11) is 0. The maximum absolute atomic E-state index is 12.1. The van der Waals surface area contributed by atoms with Crippen molar-refractivity contribution in [2.75, 3.05) is 11.1 Å². The van der Waals surface area contributed by atoms with Crippen LogP contribution in [0.15, 0.2) is 54.6 Å². The Labute approximate surface area is 113 Å². The Kier molecular flexibility index (Phi) is 4.18. The van der Waals surface area contributed by atoms with Crippen molar-refractivity contribution in [1.82, 2.24) is 0 Å². The lowest BCUT2D eigenvalue weighted by atomic mass is 10.0. The average Bonchev–Trinajstić information content (AvgIpc) is 2.42. The van der Waals surface area contributed by atoms with Gasteiger partial charge in [0.2, 0.25) is 5.91 Å². The van der Waals surface area contributed by atoms with E-state index in [1.807, 2.05) is 49.4 Å². The van der Waals surface area contributed by atoms with Crippen LogP contribution in [-0.4, -0.2) is 5.91 Å². The lowest BCUT2D eigenvalue weighted by Gasteiger charge is -2.12. The van der Waals surface area contributed by atoms with Crippen LogP contribution in [0.4, 0.5) is 11.4 Å². The summed E-state index contributed by atoms with van der Waals surface area (Å²) in [5.74, 6) is -0.0476. The van der Waals surface area contributed by atoms with Crippen LogP contribution >= 0.6 is 0 Å². The Morgan fingerprint density at radius 3 is 2.37 bits per heavy atom. The SMILES string of the molecule is C[C@H](Cc1ccccc1)C(=O)Nc1ccc(N)cc1. The molecule has 0 aliphatic heterocycles. The monoisotopic (exact) mass is 254 g/mol. The van der Waals surface area contributed by atoms with Crippen LogP contribution in [0.1, 0.15) is 12.5 Å². The number of carbonyl (C=O) groups is 1. The average molecular weight is 254 g/mol. The van der Waals surface area contributed by atoms with Crippen LogP contribution in [0, 0.1) is 5.92 Å². The van der Waals surface area contributed by atoms with E-state index in [0.717, 1.165) is 12.1 Å². The second-order valence-electron chi connectivity index (χ2n) is 4.70. The number of nitrogen functional groups attached to an aromatic ring is 1. The van der Waals surface area contributed by atoms with E-state index < -0.39 is 0 Å². The van der Waals surface area contributed by atoms with Crippen molar-refractivity contribution in [3.63, 3.8) is 0 Å². The van der Waals surface area contributed by atoms with Gasteiger partial charge in [-0.1, -0.05) is 37.3 Å². The summed E-state index contributed by atoms with van der Waals surface area (Å²) in [6, 6.07) is 17.2. The molecular weight excluding hydrogens is 236 g/mol. The third-order valence-electron chi connectivity index (χ3n) is 3.01. The molecule has 0 bridgehead atoms. The van der Waals surface area contributed by atoms with Crippen LogP contribution in [0.5, 0.6) is 0 Å². The molecule has 98 valence electrons. The lowest BCUT2D eigenvalue weighted by Crippen LogP contribution is -2.22. The molecule has 3 heteroatoms. The van der Waals surface area contributed by atoms with Gasteiger partial charge in [0.15, 0.2) is 0 Å². The summed E-state index contributed by atoms with van der Waals surface area (Å²) < 4.78 is 0. The van der Waals surface area contributed by atoms with Crippen molar-refractivity contribution in [3.8, 4) is 0 Å². The first-order valence-electron chi connectivity index (χ1n) is 6.35. The number of rotatable bonds is 4. The van der Waals surface area contributed by atoms with E-state index in [1.54, 1.807) is 12.1 Å². The number of nitrogens with two attached hydrogens (primary N) is 1. The van der Waals surface area contributed by atoms with Crippen LogP contribution < -0.4 is 11.1 Å².